The molecule has 2 nitrogen and oxygen atoms in total. The fourth-order valence-electron chi connectivity index (χ4n) is 1.44. The van der Waals surface area contributed by atoms with E-state index in [1.165, 1.54) is 12.8 Å². The molecular formula is C10H8N2S. The minimum atomic E-state index is 0.575. The molecule has 0 aromatic heterocycles. The second-order valence-electron chi connectivity index (χ2n) is 3.25. The third-order valence-electron chi connectivity index (χ3n) is 2.28. The number of hydrogen-bond donors (Lipinski definition) is 0. The Bertz CT molecular complexity index is 388. The molecule has 1 aliphatic carbocycles. The number of nitrogens with zero attached hydrogens (tertiary/aromatic N) is 2. The van der Waals surface area contributed by atoms with Crippen LogP contribution in [0.15, 0.2) is 22.6 Å². The van der Waals surface area contributed by atoms with Crippen molar-refractivity contribution >= 4 is 18.1 Å². The Balaban J connectivity index is 2.48. The van der Waals surface area contributed by atoms with Crippen LogP contribution in [0.2, 0.25) is 0 Å². The molecule has 2 rings (SSSR count). The molecule has 0 saturated heterocycles. The smallest absolute Gasteiger partial charge is 0.0994 e. The SMILES string of the molecule is N#Cc1ccc(N=S)cc1C1CC1. The summed E-state index contributed by atoms with van der Waals surface area (Å²) in [6, 6.07) is 7.72. The fourth-order valence-corrected chi connectivity index (χ4v) is 1.55. The normalized spacial score (nSPS) is 15.0. The lowest BCUT2D eigenvalue weighted by Crippen LogP contribution is -1.85. The molecule has 1 aromatic rings. The fraction of sp³-hybridized carbons (Fsp3) is 0.300. The molecule has 0 N–H and O–H groups in total. The van der Waals surface area contributed by atoms with Crippen LogP contribution in [0.4, 0.5) is 5.69 Å². The van der Waals surface area contributed by atoms with Gasteiger partial charge in [0.15, 0.2) is 0 Å². The van der Waals surface area contributed by atoms with Crippen molar-refractivity contribution in [3.8, 4) is 6.07 Å². The molecule has 1 fully saturated rings. The average Bonchev–Trinajstić information content (AvgIpc) is 3.00. The van der Waals surface area contributed by atoms with E-state index in [-0.39, 0.29) is 0 Å². The van der Waals surface area contributed by atoms with Gasteiger partial charge in [-0.3, -0.25) is 0 Å². The van der Waals surface area contributed by atoms with E-state index in [2.05, 4.69) is 22.9 Å². The summed E-state index contributed by atoms with van der Waals surface area (Å²) in [5, 5.41) is 8.85. The largest absolute Gasteiger partial charge is 0.192 e. The summed E-state index contributed by atoms with van der Waals surface area (Å²) in [6.45, 7) is 0. The summed E-state index contributed by atoms with van der Waals surface area (Å²) in [7, 11) is 0. The van der Waals surface area contributed by atoms with Crippen molar-refractivity contribution in [3.63, 3.8) is 0 Å². The highest BCUT2D eigenvalue weighted by molar-refractivity contribution is 7.47. The zero-order valence-corrected chi connectivity index (χ0v) is 7.84. The van der Waals surface area contributed by atoms with Crippen LogP contribution in [0, 0.1) is 11.3 Å². The van der Waals surface area contributed by atoms with Gasteiger partial charge in [-0.05, 0) is 42.5 Å². The Labute approximate surface area is 82.4 Å². The zero-order chi connectivity index (χ0) is 9.26. The predicted octanol–water partition coefficient (Wildman–Crippen LogP) is 2.80. The van der Waals surface area contributed by atoms with Crippen molar-refractivity contribution in [2.75, 3.05) is 0 Å². The third-order valence-corrected chi connectivity index (χ3v) is 2.49. The van der Waals surface area contributed by atoms with Gasteiger partial charge in [-0.2, -0.15) is 9.62 Å². The molecule has 0 bridgehead atoms. The Kier molecular flexibility index (Phi) is 2.07. The number of rotatable bonds is 2. The van der Waals surface area contributed by atoms with E-state index in [0.717, 1.165) is 16.8 Å². The molecular weight excluding hydrogens is 180 g/mol. The first-order valence-electron chi connectivity index (χ1n) is 4.22. The van der Waals surface area contributed by atoms with Crippen LogP contribution in [0.1, 0.15) is 29.9 Å². The lowest BCUT2D eigenvalue weighted by atomic mass is 10.0. The molecule has 1 aromatic carbocycles. The van der Waals surface area contributed by atoms with Gasteiger partial charge in [0, 0.05) is 12.4 Å². The van der Waals surface area contributed by atoms with E-state index in [1.54, 1.807) is 12.1 Å². The van der Waals surface area contributed by atoms with Crippen molar-refractivity contribution in [2.45, 2.75) is 18.8 Å². The van der Waals surface area contributed by atoms with Crippen LogP contribution < -0.4 is 0 Å². The van der Waals surface area contributed by atoms with Gasteiger partial charge in [0.05, 0.1) is 17.3 Å². The van der Waals surface area contributed by atoms with E-state index < -0.39 is 0 Å². The van der Waals surface area contributed by atoms with E-state index >= 15 is 0 Å². The highest BCUT2D eigenvalue weighted by Crippen LogP contribution is 2.42. The Morgan fingerprint density at radius 3 is 2.77 bits per heavy atom. The van der Waals surface area contributed by atoms with Crippen LogP contribution in [-0.2, 0) is 12.4 Å². The van der Waals surface area contributed by atoms with Gasteiger partial charge >= 0.3 is 0 Å². The van der Waals surface area contributed by atoms with Gasteiger partial charge in [0.25, 0.3) is 0 Å². The molecule has 13 heavy (non-hydrogen) atoms. The third kappa shape index (κ3) is 1.58. The summed E-state index contributed by atoms with van der Waals surface area (Å²) >= 11 is 4.61. The number of benzene rings is 1. The first kappa shape index (κ1) is 8.33. The summed E-state index contributed by atoms with van der Waals surface area (Å²) in [6.07, 6.45) is 2.38. The maximum Gasteiger partial charge on any atom is 0.0994 e. The minimum absolute atomic E-state index is 0.575. The molecule has 0 atom stereocenters. The van der Waals surface area contributed by atoms with Crippen molar-refractivity contribution in [1.29, 1.82) is 5.26 Å². The molecule has 0 amide bonds. The van der Waals surface area contributed by atoms with Gasteiger partial charge in [-0.15, -0.1) is 0 Å². The predicted molar refractivity (Wildman–Crippen MR) is 52.6 cm³/mol. The average molecular weight is 188 g/mol. The molecule has 1 saturated carbocycles. The van der Waals surface area contributed by atoms with Gasteiger partial charge in [-0.1, -0.05) is 0 Å². The molecule has 0 unspecified atom stereocenters. The highest BCUT2D eigenvalue weighted by atomic mass is 32.1. The van der Waals surface area contributed by atoms with Crippen molar-refractivity contribution in [3.05, 3.63) is 29.3 Å². The van der Waals surface area contributed by atoms with Crippen LogP contribution in [0.25, 0.3) is 0 Å². The Morgan fingerprint density at radius 2 is 2.23 bits per heavy atom. The summed E-state index contributed by atoms with van der Waals surface area (Å²) < 4.78 is 3.69. The lowest BCUT2D eigenvalue weighted by Gasteiger charge is -2.01. The molecule has 3 heteroatoms. The maximum atomic E-state index is 8.85. The standard InChI is InChI=1S/C10H8N2S/c11-6-8-3-4-9(12-13)5-10(8)7-1-2-7/h3-5,7H,1-2H2. The van der Waals surface area contributed by atoms with E-state index in [9.17, 15) is 0 Å². The monoisotopic (exact) mass is 188 g/mol. The molecule has 0 heterocycles. The zero-order valence-electron chi connectivity index (χ0n) is 7.03. The van der Waals surface area contributed by atoms with Gasteiger partial charge in [0.1, 0.15) is 0 Å². The molecule has 1 aliphatic rings. The van der Waals surface area contributed by atoms with E-state index in [1.807, 2.05) is 6.07 Å². The van der Waals surface area contributed by atoms with Gasteiger partial charge < -0.3 is 0 Å². The molecule has 64 valence electrons. The summed E-state index contributed by atoms with van der Waals surface area (Å²) in [5.74, 6) is 0.575. The summed E-state index contributed by atoms with van der Waals surface area (Å²) in [4.78, 5) is 0. The van der Waals surface area contributed by atoms with Gasteiger partial charge in [-0.25, -0.2) is 0 Å². The van der Waals surface area contributed by atoms with Gasteiger partial charge in [0.2, 0.25) is 0 Å². The lowest BCUT2D eigenvalue weighted by molar-refractivity contribution is 1.12. The number of hydrogen-bond acceptors (Lipinski definition) is 3. The van der Waals surface area contributed by atoms with Crippen molar-refractivity contribution in [1.82, 2.24) is 0 Å². The quantitative estimate of drug-likeness (QED) is 0.715. The molecule has 0 spiro atoms. The molecule has 0 radical (unpaired) electrons. The number of nitriles is 1. The van der Waals surface area contributed by atoms with Crippen molar-refractivity contribution < 1.29 is 0 Å². The second-order valence-corrected chi connectivity index (χ2v) is 3.43. The topological polar surface area (TPSA) is 36.1 Å². The first-order valence-corrected chi connectivity index (χ1v) is 4.59. The minimum Gasteiger partial charge on any atom is -0.192 e. The van der Waals surface area contributed by atoms with E-state index in [0.29, 0.717) is 5.92 Å². The Hall–Kier alpha value is -1.27. The van der Waals surface area contributed by atoms with Crippen LogP contribution >= 0.6 is 0 Å². The molecule has 0 aliphatic heterocycles. The first-order chi connectivity index (χ1) is 6.35. The van der Waals surface area contributed by atoms with Crippen molar-refractivity contribution in [2.24, 2.45) is 4.36 Å². The Morgan fingerprint density at radius 1 is 1.46 bits per heavy atom. The van der Waals surface area contributed by atoms with Crippen LogP contribution in [-0.4, -0.2) is 0 Å². The summed E-state index contributed by atoms with van der Waals surface area (Å²) in [5.41, 5.74) is 2.68. The van der Waals surface area contributed by atoms with Crippen LogP contribution in [0.3, 0.4) is 0 Å². The van der Waals surface area contributed by atoms with Crippen LogP contribution in [0.5, 0.6) is 0 Å². The highest BCUT2D eigenvalue weighted by Gasteiger charge is 2.26. The second kappa shape index (κ2) is 3.23. The maximum absolute atomic E-state index is 8.85. The van der Waals surface area contributed by atoms with E-state index in [4.69, 9.17) is 5.26 Å².